The van der Waals surface area contributed by atoms with Gasteiger partial charge in [0.05, 0.1) is 6.42 Å². The molecule has 0 aliphatic heterocycles. The van der Waals surface area contributed by atoms with Crippen LogP contribution in [0.4, 0.5) is 13.2 Å². The third-order valence-corrected chi connectivity index (χ3v) is 4.69. The van der Waals surface area contributed by atoms with Gasteiger partial charge in [-0.25, -0.2) is 4.98 Å². The predicted octanol–water partition coefficient (Wildman–Crippen LogP) is 2.65. The van der Waals surface area contributed by atoms with Crippen LogP contribution in [0.1, 0.15) is 42.8 Å². The summed E-state index contributed by atoms with van der Waals surface area (Å²) in [7, 11) is 0. The molecule has 1 aromatic rings. The van der Waals surface area contributed by atoms with Gasteiger partial charge < -0.3 is 10.4 Å². The first kappa shape index (κ1) is 16.2. The van der Waals surface area contributed by atoms with E-state index in [1.54, 1.807) is 0 Å². The van der Waals surface area contributed by atoms with E-state index in [0.717, 1.165) is 25.7 Å². The van der Waals surface area contributed by atoms with Crippen LogP contribution in [0.5, 0.6) is 0 Å². The summed E-state index contributed by atoms with van der Waals surface area (Å²) in [4.78, 5) is 15.5. The number of aromatic nitrogens is 1. The third kappa shape index (κ3) is 3.55. The molecule has 118 valence electrons. The number of alkyl halides is 3. The molecule has 0 unspecified atom stereocenters. The molecule has 1 aromatic heterocycles. The fourth-order valence-corrected chi connectivity index (χ4v) is 3.34. The zero-order valence-electron chi connectivity index (χ0n) is 11.5. The maximum absolute atomic E-state index is 13.2. The Morgan fingerprint density at radius 1 is 1.48 bits per heavy atom. The van der Waals surface area contributed by atoms with E-state index in [1.807, 2.05) is 0 Å². The standard InChI is InChI=1S/C13H17F3N2O2S/c1-8-7-21-11(17-8)12(20,13(14,15)16)6-10(19)18-9-4-2-3-5-9/h7,9,20H,2-6H2,1H3,(H,18,19)/t12-/m0/s1. The molecule has 2 rings (SSSR count). The average molecular weight is 322 g/mol. The zero-order valence-corrected chi connectivity index (χ0v) is 12.4. The van der Waals surface area contributed by atoms with Crippen molar-refractivity contribution in [3.05, 3.63) is 16.1 Å². The Hall–Kier alpha value is -1.15. The van der Waals surface area contributed by atoms with Crippen LogP contribution in [0.2, 0.25) is 0 Å². The van der Waals surface area contributed by atoms with Gasteiger partial charge in [-0.05, 0) is 19.8 Å². The number of thiazole rings is 1. The van der Waals surface area contributed by atoms with Crippen molar-refractivity contribution in [1.82, 2.24) is 10.3 Å². The Morgan fingerprint density at radius 3 is 2.57 bits per heavy atom. The molecule has 4 nitrogen and oxygen atoms in total. The van der Waals surface area contributed by atoms with Gasteiger partial charge in [-0.1, -0.05) is 12.8 Å². The lowest BCUT2D eigenvalue weighted by Crippen LogP contribution is -2.47. The van der Waals surface area contributed by atoms with Crippen molar-refractivity contribution in [2.24, 2.45) is 0 Å². The second-order valence-electron chi connectivity index (χ2n) is 5.38. The number of aliphatic hydroxyl groups is 1. The summed E-state index contributed by atoms with van der Waals surface area (Å²) in [6, 6.07) is -0.0898. The first-order chi connectivity index (χ1) is 9.72. The Kier molecular flexibility index (Phi) is 4.57. The summed E-state index contributed by atoms with van der Waals surface area (Å²) >= 11 is 0.707. The van der Waals surface area contributed by atoms with Crippen molar-refractivity contribution in [3.8, 4) is 0 Å². The summed E-state index contributed by atoms with van der Waals surface area (Å²) in [6.45, 7) is 1.54. The van der Waals surface area contributed by atoms with Crippen LogP contribution in [0, 0.1) is 6.92 Å². The van der Waals surface area contributed by atoms with Crippen molar-refractivity contribution >= 4 is 17.2 Å². The molecule has 0 saturated heterocycles. The van der Waals surface area contributed by atoms with Gasteiger partial charge in [0.25, 0.3) is 0 Å². The van der Waals surface area contributed by atoms with Crippen LogP contribution in [-0.2, 0) is 10.4 Å². The predicted molar refractivity (Wildman–Crippen MR) is 71.8 cm³/mol. The number of hydrogen-bond donors (Lipinski definition) is 2. The van der Waals surface area contributed by atoms with Gasteiger partial charge in [0.2, 0.25) is 11.5 Å². The Bertz CT molecular complexity index is 512. The van der Waals surface area contributed by atoms with Crippen LogP contribution in [0.25, 0.3) is 0 Å². The lowest BCUT2D eigenvalue weighted by Gasteiger charge is -2.28. The zero-order chi connectivity index (χ0) is 15.7. The molecule has 0 radical (unpaired) electrons. The number of rotatable bonds is 4. The highest BCUT2D eigenvalue weighted by molar-refractivity contribution is 7.09. The Morgan fingerprint density at radius 2 is 2.10 bits per heavy atom. The average Bonchev–Trinajstić information content (AvgIpc) is 2.98. The van der Waals surface area contributed by atoms with E-state index in [9.17, 15) is 23.1 Å². The number of nitrogens with zero attached hydrogens (tertiary/aromatic N) is 1. The molecule has 1 amide bonds. The maximum Gasteiger partial charge on any atom is 0.424 e. The van der Waals surface area contributed by atoms with E-state index < -0.39 is 29.1 Å². The SMILES string of the molecule is Cc1csc([C@@](O)(CC(=O)NC2CCCC2)C(F)(F)F)n1. The van der Waals surface area contributed by atoms with Gasteiger partial charge in [0.15, 0.2) is 0 Å². The Labute approximate surface area is 124 Å². The van der Waals surface area contributed by atoms with Crippen molar-refractivity contribution in [1.29, 1.82) is 0 Å². The fourth-order valence-electron chi connectivity index (χ4n) is 2.42. The van der Waals surface area contributed by atoms with Gasteiger partial charge in [-0.3, -0.25) is 4.79 Å². The lowest BCUT2D eigenvalue weighted by molar-refractivity contribution is -0.267. The maximum atomic E-state index is 13.2. The minimum Gasteiger partial charge on any atom is -0.374 e. The molecule has 8 heteroatoms. The number of hydrogen-bond acceptors (Lipinski definition) is 4. The largest absolute Gasteiger partial charge is 0.424 e. The number of amides is 1. The van der Waals surface area contributed by atoms with Crippen molar-refractivity contribution in [3.63, 3.8) is 0 Å². The number of halogens is 3. The highest BCUT2D eigenvalue weighted by Crippen LogP contribution is 2.42. The smallest absolute Gasteiger partial charge is 0.374 e. The summed E-state index contributed by atoms with van der Waals surface area (Å²) in [5.74, 6) is -0.797. The summed E-state index contributed by atoms with van der Waals surface area (Å²) in [5, 5.41) is 13.5. The van der Waals surface area contributed by atoms with E-state index in [-0.39, 0.29) is 6.04 Å². The fraction of sp³-hybridized carbons (Fsp3) is 0.692. The monoisotopic (exact) mass is 322 g/mol. The molecule has 1 saturated carbocycles. The molecular weight excluding hydrogens is 305 g/mol. The molecule has 1 atom stereocenters. The van der Waals surface area contributed by atoms with Crippen LogP contribution in [-0.4, -0.2) is 28.2 Å². The molecule has 21 heavy (non-hydrogen) atoms. The number of aryl methyl sites for hydroxylation is 1. The summed E-state index contributed by atoms with van der Waals surface area (Å²) < 4.78 is 39.6. The number of nitrogens with one attached hydrogen (secondary N) is 1. The van der Waals surface area contributed by atoms with E-state index in [2.05, 4.69) is 10.3 Å². The second kappa shape index (κ2) is 5.92. The van der Waals surface area contributed by atoms with Gasteiger partial charge in [-0.15, -0.1) is 11.3 Å². The molecule has 0 bridgehead atoms. The van der Waals surface area contributed by atoms with Crippen molar-refractivity contribution in [2.45, 2.75) is 56.8 Å². The van der Waals surface area contributed by atoms with Crippen molar-refractivity contribution in [2.75, 3.05) is 0 Å². The molecule has 1 heterocycles. The van der Waals surface area contributed by atoms with E-state index >= 15 is 0 Å². The van der Waals surface area contributed by atoms with Gasteiger partial charge in [-0.2, -0.15) is 13.2 Å². The molecule has 1 aliphatic rings. The van der Waals surface area contributed by atoms with Gasteiger partial charge in [0, 0.05) is 17.1 Å². The third-order valence-electron chi connectivity index (χ3n) is 3.58. The Balaban J connectivity index is 2.15. The molecule has 1 aliphatic carbocycles. The first-order valence-electron chi connectivity index (χ1n) is 6.73. The quantitative estimate of drug-likeness (QED) is 0.896. The van der Waals surface area contributed by atoms with Crippen LogP contribution in [0.15, 0.2) is 5.38 Å². The number of carbonyl (C=O) groups is 1. The molecule has 1 fully saturated rings. The van der Waals surface area contributed by atoms with E-state index in [4.69, 9.17) is 0 Å². The molecular formula is C13H17F3N2O2S. The highest BCUT2D eigenvalue weighted by Gasteiger charge is 2.58. The second-order valence-corrected chi connectivity index (χ2v) is 6.24. The van der Waals surface area contributed by atoms with E-state index in [0.29, 0.717) is 17.0 Å². The van der Waals surface area contributed by atoms with E-state index in [1.165, 1.54) is 12.3 Å². The minimum absolute atomic E-state index is 0.0898. The molecule has 2 N–H and O–H groups in total. The summed E-state index contributed by atoms with van der Waals surface area (Å²) in [6.07, 6.45) is -2.55. The normalized spacial score (nSPS) is 19.5. The topological polar surface area (TPSA) is 62.2 Å². The minimum atomic E-state index is -4.95. The van der Waals surface area contributed by atoms with Crippen LogP contribution < -0.4 is 5.32 Å². The highest BCUT2D eigenvalue weighted by atomic mass is 32.1. The molecule has 0 aromatic carbocycles. The van der Waals surface area contributed by atoms with Gasteiger partial charge in [0.1, 0.15) is 5.01 Å². The van der Waals surface area contributed by atoms with Crippen molar-refractivity contribution < 1.29 is 23.1 Å². The van der Waals surface area contributed by atoms with Crippen LogP contribution in [0.3, 0.4) is 0 Å². The van der Waals surface area contributed by atoms with Crippen LogP contribution >= 0.6 is 11.3 Å². The molecule has 0 spiro atoms. The van der Waals surface area contributed by atoms with Gasteiger partial charge >= 0.3 is 6.18 Å². The first-order valence-corrected chi connectivity index (χ1v) is 7.61. The summed E-state index contributed by atoms with van der Waals surface area (Å²) in [5.41, 5.74) is -2.84. The lowest BCUT2D eigenvalue weighted by atomic mass is 9.99. The number of carbonyl (C=O) groups excluding carboxylic acids is 1.